The van der Waals surface area contributed by atoms with Crippen LogP contribution < -0.4 is 5.32 Å². The molecule has 1 aromatic heterocycles. The van der Waals surface area contributed by atoms with Crippen LogP contribution in [0.4, 0.5) is 0 Å². The summed E-state index contributed by atoms with van der Waals surface area (Å²) in [5.74, 6) is 0.617. The lowest BCUT2D eigenvalue weighted by atomic mass is 10.0. The Morgan fingerprint density at radius 3 is 2.80 bits per heavy atom. The van der Waals surface area contributed by atoms with E-state index >= 15 is 0 Å². The van der Waals surface area contributed by atoms with Crippen LogP contribution in [-0.4, -0.2) is 43.3 Å². The van der Waals surface area contributed by atoms with Gasteiger partial charge in [-0.05, 0) is 25.3 Å². The average molecular weight is 302 g/mol. The Kier molecular flexibility index (Phi) is 5.84. The van der Waals surface area contributed by atoms with Gasteiger partial charge in [0.25, 0.3) is 0 Å². The van der Waals surface area contributed by atoms with Crippen molar-refractivity contribution in [3.05, 3.63) is 16.9 Å². The van der Waals surface area contributed by atoms with Crippen molar-refractivity contribution in [3.8, 4) is 0 Å². The molecule has 0 aromatic carbocycles. The van der Waals surface area contributed by atoms with E-state index in [-0.39, 0.29) is 12.1 Å². The minimum absolute atomic E-state index is 0.0735. The minimum Gasteiger partial charge on any atom is -0.383 e. The molecule has 0 spiro atoms. The number of nitrogens with one attached hydrogen (secondary N) is 1. The van der Waals surface area contributed by atoms with Gasteiger partial charge in [0.15, 0.2) is 0 Å². The first-order valence-electron chi connectivity index (χ1n) is 7.19. The van der Waals surface area contributed by atoms with Crippen molar-refractivity contribution in [3.63, 3.8) is 0 Å². The Morgan fingerprint density at radius 2 is 2.25 bits per heavy atom. The summed E-state index contributed by atoms with van der Waals surface area (Å²) in [5.41, 5.74) is 1.00. The highest BCUT2D eigenvalue weighted by Crippen LogP contribution is 2.41. The van der Waals surface area contributed by atoms with Crippen LogP contribution in [-0.2, 0) is 16.0 Å². The molecule has 1 aliphatic carbocycles. The number of likely N-dealkylation sites (N-methyl/N-ethyl adjacent to an activating group) is 1. The smallest absolute Gasteiger partial charge is 0.0835 e. The van der Waals surface area contributed by atoms with Crippen LogP contribution >= 0.6 is 11.6 Å². The molecular weight excluding hydrogens is 278 g/mol. The van der Waals surface area contributed by atoms with Gasteiger partial charge in [0, 0.05) is 14.2 Å². The van der Waals surface area contributed by atoms with Crippen molar-refractivity contribution in [2.75, 3.05) is 27.4 Å². The molecule has 0 radical (unpaired) electrons. The fourth-order valence-corrected chi connectivity index (χ4v) is 2.91. The molecule has 20 heavy (non-hydrogen) atoms. The monoisotopic (exact) mass is 301 g/mol. The SMILES string of the molecule is CCNC(c1c(Cl)cnn1CCOC)C(OC)C1CC1. The van der Waals surface area contributed by atoms with Crippen LogP contribution in [0.5, 0.6) is 0 Å². The van der Waals surface area contributed by atoms with Gasteiger partial charge in [0.2, 0.25) is 0 Å². The lowest BCUT2D eigenvalue weighted by Crippen LogP contribution is -2.36. The molecule has 1 fully saturated rings. The van der Waals surface area contributed by atoms with Crippen LogP contribution in [0.2, 0.25) is 5.02 Å². The van der Waals surface area contributed by atoms with Crippen molar-refractivity contribution in [2.24, 2.45) is 5.92 Å². The zero-order chi connectivity index (χ0) is 14.5. The van der Waals surface area contributed by atoms with Gasteiger partial charge in [-0.25, -0.2) is 0 Å². The van der Waals surface area contributed by atoms with E-state index in [2.05, 4.69) is 17.3 Å². The highest BCUT2D eigenvalue weighted by Gasteiger charge is 2.39. The molecule has 1 N–H and O–H groups in total. The van der Waals surface area contributed by atoms with Crippen LogP contribution in [0, 0.1) is 5.92 Å². The fraction of sp³-hybridized carbons (Fsp3) is 0.786. The van der Waals surface area contributed by atoms with E-state index < -0.39 is 0 Å². The Balaban J connectivity index is 2.25. The average Bonchev–Trinajstić information content (AvgIpc) is 3.21. The predicted molar refractivity (Wildman–Crippen MR) is 79.1 cm³/mol. The topological polar surface area (TPSA) is 48.3 Å². The molecule has 1 saturated carbocycles. The van der Waals surface area contributed by atoms with Crippen molar-refractivity contribution in [1.29, 1.82) is 0 Å². The number of halogens is 1. The molecule has 0 saturated heterocycles. The van der Waals surface area contributed by atoms with Crippen molar-refractivity contribution in [2.45, 2.75) is 38.5 Å². The maximum atomic E-state index is 6.36. The summed E-state index contributed by atoms with van der Waals surface area (Å²) < 4.78 is 12.8. The maximum Gasteiger partial charge on any atom is 0.0835 e. The second kappa shape index (κ2) is 7.41. The number of hydrogen-bond acceptors (Lipinski definition) is 4. The molecule has 1 aromatic rings. The van der Waals surface area contributed by atoms with E-state index in [1.807, 2.05) is 4.68 Å². The van der Waals surface area contributed by atoms with Gasteiger partial charge in [-0.3, -0.25) is 4.68 Å². The van der Waals surface area contributed by atoms with E-state index in [1.165, 1.54) is 12.8 Å². The third kappa shape index (κ3) is 3.52. The number of aromatic nitrogens is 2. The zero-order valence-electron chi connectivity index (χ0n) is 12.4. The lowest BCUT2D eigenvalue weighted by Gasteiger charge is -2.28. The number of rotatable bonds is 9. The first kappa shape index (κ1) is 15.8. The van der Waals surface area contributed by atoms with Gasteiger partial charge in [-0.15, -0.1) is 0 Å². The summed E-state index contributed by atoms with van der Waals surface area (Å²) in [5, 5.41) is 8.56. The summed E-state index contributed by atoms with van der Waals surface area (Å²) in [6.45, 7) is 4.27. The summed E-state index contributed by atoms with van der Waals surface area (Å²) in [6, 6.07) is 0.0735. The van der Waals surface area contributed by atoms with Crippen LogP contribution in [0.25, 0.3) is 0 Å². The lowest BCUT2D eigenvalue weighted by molar-refractivity contribution is 0.0479. The second-order valence-electron chi connectivity index (χ2n) is 5.17. The first-order valence-corrected chi connectivity index (χ1v) is 7.57. The summed E-state index contributed by atoms with van der Waals surface area (Å²) >= 11 is 6.36. The van der Waals surface area contributed by atoms with E-state index in [9.17, 15) is 0 Å². The normalized spacial score (nSPS) is 18.2. The highest BCUT2D eigenvalue weighted by atomic mass is 35.5. The largest absolute Gasteiger partial charge is 0.383 e. The Labute approximate surface area is 125 Å². The molecule has 0 bridgehead atoms. The van der Waals surface area contributed by atoms with Gasteiger partial charge in [-0.2, -0.15) is 5.10 Å². The van der Waals surface area contributed by atoms with Gasteiger partial charge in [0.05, 0.1) is 42.2 Å². The Hall–Kier alpha value is -0.620. The van der Waals surface area contributed by atoms with E-state index in [0.29, 0.717) is 24.1 Å². The van der Waals surface area contributed by atoms with Crippen molar-refractivity contribution < 1.29 is 9.47 Å². The van der Waals surface area contributed by atoms with Crippen LogP contribution in [0.15, 0.2) is 6.20 Å². The van der Waals surface area contributed by atoms with Crippen molar-refractivity contribution in [1.82, 2.24) is 15.1 Å². The molecule has 114 valence electrons. The minimum atomic E-state index is 0.0735. The number of hydrogen-bond donors (Lipinski definition) is 1. The van der Waals surface area contributed by atoms with Gasteiger partial charge < -0.3 is 14.8 Å². The molecule has 2 atom stereocenters. The fourth-order valence-electron chi connectivity index (χ4n) is 2.65. The quantitative estimate of drug-likeness (QED) is 0.760. The molecule has 1 heterocycles. The predicted octanol–water partition coefficient (Wildman–Crippen LogP) is 2.26. The van der Waals surface area contributed by atoms with Gasteiger partial charge in [0.1, 0.15) is 0 Å². The second-order valence-corrected chi connectivity index (χ2v) is 5.57. The molecule has 2 rings (SSSR count). The van der Waals surface area contributed by atoms with Crippen LogP contribution in [0.3, 0.4) is 0 Å². The molecule has 1 aliphatic rings. The third-order valence-electron chi connectivity index (χ3n) is 3.75. The van der Waals surface area contributed by atoms with Gasteiger partial charge in [-0.1, -0.05) is 18.5 Å². The number of methoxy groups -OCH3 is 2. The summed E-state index contributed by atoms with van der Waals surface area (Å²) in [6.07, 6.45) is 4.30. The van der Waals surface area contributed by atoms with Gasteiger partial charge >= 0.3 is 0 Å². The molecule has 2 unspecified atom stereocenters. The maximum absolute atomic E-state index is 6.36. The molecule has 0 amide bonds. The summed E-state index contributed by atoms with van der Waals surface area (Å²) in [7, 11) is 3.46. The number of nitrogens with zero attached hydrogens (tertiary/aromatic N) is 2. The van der Waals surface area contributed by atoms with E-state index in [4.69, 9.17) is 21.1 Å². The molecular formula is C14H24ClN3O2. The summed E-state index contributed by atoms with van der Waals surface area (Å²) in [4.78, 5) is 0. The van der Waals surface area contributed by atoms with E-state index in [0.717, 1.165) is 12.2 Å². The Morgan fingerprint density at radius 1 is 1.50 bits per heavy atom. The first-order chi connectivity index (χ1) is 9.72. The number of ether oxygens (including phenoxy) is 2. The molecule has 0 aliphatic heterocycles. The van der Waals surface area contributed by atoms with Crippen LogP contribution in [0.1, 0.15) is 31.5 Å². The zero-order valence-corrected chi connectivity index (χ0v) is 13.2. The standard InChI is InChI=1S/C14H24ClN3O2/c1-4-16-12(14(20-3)10-5-6-10)13-11(15)9-17-18(13)7-8-19-2/h9-10,12,14,16H,4-8H2,1-3H3. The molecule has 6 heteroatoms. The highest BCUT2D eigenvalue weighted by molar-refractivity contribution is 6.31. The van der Waals surface area contributed by atoms with E-state index in [1.54, 1.807) is 20.4 Å². The Bertz CT molecular complexity index is 421. The molecule has 5 nitrogen and oxygen atoms in total. The third-order valence-corrected chi connectivity index (χ3v) is 4.04. The van der Waals surface area contributed by atoms with Crippen molar-refractivity contribution >= 4 is 11.6 Å².